The van der Waals surface area contributed by atoms with E-state index in [1.165, 1.54) is 4.90 Å². The Hall–Kier alpha value is -4.87. The lowest BCUT2D eigenvalue weighted by atomic mass is 9.95. The summed E-state index contributed by atoms with van der Waals surface area (Å²) < 4.78 is 17.7. The number of hydrogen-bond acceptors (Lipinski definition) is 8. The van der Waals surface area contributed by atoms with Crippen molar-refractivity contribution in [3.63, 3.8) is 0 Å². The zero-order valence-electron chi connectivity index (χ0n) is 30.6. The summed E-state index contributed by atoms with van der Waals surface area (Å²) in [5, 5.41) is 16.7. The fourth-order valence-electron chi connectivity index (χ4n) is 7.55. The summed E-state index contributed by atoms with van der Waals surface area (Å²) >= 11 is 0. The summed E-state index contributed by atoms with van der Waals surface area (Å²) in [4.78, 5) is 60.6. The molecule has 0 bridgehead atoms. The van der Waals surface area contributed by atoms with Crippen molar-refractivity contribution in [2.45, 2.75) is 108 Å². The molecule has 6 atom stereocenters. The molecule has 3 heterocycles. The average Bonchev–Trinajstić information content (AvgIpc) is 3.64. The molecule has 0 spiro atoms. The molecule has 52 heavy (non-hydrogen) atoms. The van der Waals surface area contributed by atoms with Gasteiger partial charge in [-0.1, -0.05) is 56.5 Å². The summed E-state index contributed by atoms with van der Waals surface area (Å²) in [6.45, 7) is 7.42. The highest BCUT2D eigenvalue weighted by Gasteiger charge is 2.62. The van der Waals surface area contributed by atoms with Gasteiger partial charge in [0.2, 0.25) is 11.8 Å². The number of pyridine rings is 1. The van der Waals surface area contributed by atoms with E-state index >= 15 is 0 Å². The number of aliphatic carboxylic acids is 1. The van der Waals surface area contributed by atoms with Gasteiger partial charge in [-0.05, 0) is 70.4 Å². The maximum Gasteiger partial charge on any atom is 0.408 e. The first-order valence-corrected chi connectivity index (χ1v) is 18.3. The number of aromatic nitrogens is 1. The van der Waals surface area contributed by atoms with Crippen LogP contribution in [0.15, 0.2) is 54.6 Å². The van der Waals surface area contributed by atoms with Crippen molar-refractivity contribution in [1.29, 1.82) is 0 Å². The van der Waals surface area contributed by atoms with E-state index in [1.54, 1.807) is 27.9 Å². The highest BCUT2D eigenvalue weighted by Crippen LogP contribution is 2.48. The van der Waals surface area contributed by atoms with Crippen LogP contribution in [0.1, 0.15) is 79.1 Å². The van der Waals surface area contributed by atoms with Crippen molar-refractivity contribution in [2.75, 3.05) is 13.7 Å². The molecule has 3 N–H and O–H groups in total. The minimum absolute atomic E-state index is 0.0448. The van der Waals surface area contributed by atoms with E-state index in [1.807, 2.05) is 54.6 Å². The molecule has 1 aromatic heterocycles. The molecular weight excluding hydrogens is 664 g/mol. The minimum atomic E-state index is -1.37. The van der Waals surface area contributed by atoms with Gasteiger partial charge >= 0.3 is 12.1 Å². The summed E-state index contributed by atoms with van der Waals surface area (Å²) in [5.41, 5.74) is 0.0643. The number of benzene rings is 2. The molecule has 3 fully saturated rings. The lowest BCUT2D eigenvalue weighted by Gasteiger charge is -2.30. The number of carbonyl (C=O) groups is 4. The van der Waals surface area contributed by atoms with Gasteiger partial charge in [0.15, 0.2) is 0 Å². The summed E-state index contributed by atoms with van der Waals surface area (Å²) in [6.07, 6.45) is 3.51. The molecule has 12 nitrogen and oxygen atoms in total. The summed E-state index contributed by atoms with van der Waals surface area (Å²) in [5.74, 6) is -0.800. The number of nitrogens with one attached hydrogen (secondary N) is 2. The quantitative estimate of drug-likeness (QED) is 0.275. The third-order valence-electron chi connectivity index (χ3n) is 10.5. The van der Waals surface area contributed by atoms with E-state index in [2.05, 4.69) is 17.6 Å². The van der Waals surface area contributed by atoms with Crippen LogP contribution < -0.4 is 20.1 Å². The molecule has 2 saturated heterocycles. The van der Waals surface area contributed by atoms with Gasteiger partial charge in [-0.2, -0.15) is 0 Å². The smallest absolute Gasteiger partial charge is 0.408 e. The molecule has 278 valence electrons. The van der Waals surface area contributed by atoms with Crippen LogP contribution in [0.2, 0.25) is 0 Å². The lowest BCUT2D eigenvalue weighted by Crippen LogP contribution is -2.56. The molecule has 2 aromatic carbocycles. The van der Waals surface area contributed by atoms with E-state index in [0.29, 0.717) is 48.4 Å². The second-order valence-electron chi connectivity index (χ2n) is 15.6. The van der Waals surface area contributed by atoms with Crippen molar-refractivity contribution < 1.29 is 38.5 Å². The lowest BCUT2D eigenvalue weighted by molar-refractivity contribution is -0.146. The molecule has 3 aromatic rings. The third-order valence-corrected chi connectivity index (χ3v) is 10.5. The first kappa shape index (κ1) is 36.9. The molecule has 1 saturated carbocycles. The van der Waals surface area contributed by atoms with Crippen LogP contribution in [0.25, 0.3) is 22.2 Å². The fraction of sp³-hybridized carbons (Fsp3) is 0.525. The van der Waals surface area contributed by atoms with Crippen LogP contribution in [-0.4, -0.2) is 81.8 Å². The minimum Gasteiger partial charge on any atom is -0.497 e. The molecule has 2 aliphatic heterocycles. The van der Waals surface area contributed by atoms with E-state index in [4.69, 9.17) is 19.2 Å². The molecule has 3 amide bonds. The SMILES string of the molecule is COc1ccc2c(O[C@@H]3CC4C(=O)NC5(C(=O)O)CC5CCCCC(C)CCC(NC(=O)OC(C)(C)C)C(=O)N4C3)cc(-c3ccccc3)nc2c1. The number of nitrogens with zero attached hydrogens (tertiary/aromatic N) is 2. The Morgan fingerprint density at radius 3 is 2.48 bits per heavy atom. The molecular formula is C40H50N4O8. The number of fused-ring (bicyclic) bond motifs is 3. The van der Waals surface area contributed by atoms with Crippen LogP contribution in [-0.2, 0) is 19.1 Å². The molecule has 6 rings (SSSR count). The van der Waals surface area contributed by atoms with Crippen molar-refractivity contribution in [2.24, 2.45) is 11.8 Å². The van der Waals surface area contributed by atoms with Gasteiger partial charge in [0, 0.05) is 29.5 Å². The largest absolute Gasteiger partial charge is 0.497 e. The molecule has 5 unspecified atom stereocenters. The van der Waals surface area contributed by atoms with Crippen LogP contribution in [0.5, 0.6) is 11.5 Å². The number of amides is 3. The maximum absolute atomic E-state index is 14.5. The van der Waals surface area contributed by atoms with Crippen molar-refractivity contribution in [1.82, 2.24) is 20.5 Å². The van der Waals surface area contributed by atoms with Gasteiger partial charge in [-0.15, -0.1) is 0 Å². The Bertz CT molecular complexity index is 1810. The van der Waals surface area contributed by atoms with Crippen LogP contribution in [0.3, 0.4) is 0 Å². The number of carboxylic acid groups (broad SMARTS) is 1. The maximum atomic E-state index is 14.5. The average molecular weight is 715 g/mol. The predicted octanol–water partition coefficient (Wildman–Crippen LogP) is 6.10. The van der Waals surface area contributed by atoms with Gasteiger partial charge in [0.05, 0.1) is 24.9 Å². The number of carboxylic acids is 1. The molecule has 3 aliphatic rings. The number of rotatable bonds is 6. The standard InChI is InChI=1S/C40H50N4O8/c1-24-11-9-10-14-26-22-40(26,37(47)48)43-35(45)33-20-28(23-44(33)36(46)30(18-15-24)42-38(49)52-39(2,3)4)51-34-21-31(25-12-7-6-8-13-25)41-32-19-27(50-5)16-17-29(32)34/h6-8,12-13,16-17,19,21,24,26,28,30,33H,9-11,14-15,18,20,22-23H2,1-5H3,(H,42,49)(H,43,45)(H,47,48)/t24?,26?,28-,30?,33?,40?/m1/s1. The second kappa shape index (κ2) is 15.0. The Labute approximate surface area is 304 Å². The number of hydrogen-bond donors (Lipinski definition) is 3. The Morgan fingerprint density at radius 2 is 1.77 bits per heavy atom. The van der Waals surface area contributed by atoms with Gasteiger partial charge in [0.1, 0.15) is 40.8 Å². The van der Waals surface area contributed by atoms with E-state index < -0.39 is 53.2 Å². The molecule has 0 radical (unpaired) electrons. The van der Waals surface area contributed by atoms with Crippen molar-refractivity contribution in [3.8, 4) is 22.8 Å². The normalized spacial score (nSPS) is 26.9. The van der Waals surface area contributed by atoms with Crippen molar-refractivity contribution in [3.05, 3.63) is 54.6 Å². The summed E-state index contributed by atoms with van der Waals surface area (Å²) in [7, 11) is 1.59. The van der Waals surface area contributed by atoms with Gasteiger partial charge in [-0.3, -0.25) is 9.59 Å². The Kier molecular flexibility index (Phi) is 10.6. The number of methoxy groups -OCH3 is 1. The van der Waals surface area contributed by atoms with Crippen LogP contribution >= 0.6 is 0 Å². The second-order valence-corrected chi connectivity index (χ2v) is 15.6. The Morgan fingerprint density at radius 1 is 1.02 bits per heavy atom. The zero-order chi connectivity index (χ0) is 37.2. The van der Waals surface area contributed by atoms with Crippen LogP contribution in [0.4, 0.5) is 4.79 Å². The molecule has 1 aliphatic carbocycles. The highest BCUT2D eigenvalue weighted by atomic mass is 16.6. The van der Waals surface area contributed by atoms with Gasteiger partial charge in [-0.25, -0.2) is 14.6 Å². The third kappa shape index (κ3) is 8.26. The van der Waals surface area contributed by atoms with Gasteiger partial charge < -0.3 is 34.9 Å². The first-order chi connectivity index (χ1) is 24.8. The first-order valence-electron chi connectivity index (χ1n) is 18.3. The van der Waals surface area contributed by atoms with E-state index in [-0.39, 0.29) is 24.8 Å². The van der Waals surface area contributed by atoms with E-state index in [9.17, 15) is 24.3 Å². The number of alkyl carbamates (subject to hydrolysis) is 1. The van der Waals surface area contributed by atoms with Crippen LogP contribution in [0, 0.1) is 11.8 Å². The topological polar surface area (TPSA) is 156 Å². The van der Waals surface area contributed by atoms with Crippen molar-refractivity contribution >= 4 is 34.8 Å². The monoisotopic (exact) mass is 714 g/mol. The number of ether oxygens (including phenoxy) is 3. The Balaban J connectivity index is 1.35. The zero-order valence-corrected chi connectivity index (χ0v) is 30.6. The van der Waals surface area contributed by atoms with Gasteiger partial charge in [0.25, 0.3) is 0 Å². The summed E-state index contributed by atoms with van der Waals surface area (Å²) in [6, 6.07) is 15.1. The fourth-order valence-corrected chi connectivity index (χ4v) is 7.55. The molecule has 12 heteroatoms. The predicted molar refractivity (Wildman–Crippen MR) is 195 cm³/mol. The van der Waals surface area contributed by atoms with E-state index in [0.717, 1.165) is 30.2 Å². The number of carbonyl (C=O) groups excluding carboxylic acids is 3. The highest BCUT2D eigenvalue weighted by molar-refractivity contribution is 5.96.